The highest BCUT2D eigenvalue weighted by Gasteiger charge is 2.21. The van der Waals surface area contributed by atoms with Crippen LogP contribution in [0.15, 0.2) is 23.1 Å². The van der Waals surface area contributed by atoms with Gasteiger partial charge in [-0.1, -0.05) is 6.07 Å². The maximum Gasteiger partial charge on any atom is 0.136 e. The number of fused-ring (bicyclic) bond motifs is 1. The molecular formula is C9H11NO3S. The Kier molecular flexibility index (Phi) is 2.20. The molecule has 0 bridgehead atoms. The fourth-order valence-corrected chi connectivity index (χ4v) is 2.68. The van der Waals surface area contributed by atoms with Gasteiger partial charge in [-0.25, -0.2) is 8.99 Å². The lowest BCUT2D eigenvalue weighted by Crippen LogP contribution is -2.20. The van der Waals surface area contributed by atoms with Crippen LogP contribution in [-0.4, -0.2) is 21.7 Å². The number of rotatable bonds is 1. The number of benzene rings is 1. The van der Waals surface area contributed by atoms with Crippen LogP contribution < -0.4 is 4.74 Å². The van der Waals surface area contributed by atoms with Gasteiger partial charge in [0.15, 0.2) is 0 Å². The van der Waals surface area contributed by atoms with E-state index in [4.69, 9.17) is 14.6 Å². The first kappa shape index (κ1) is 9.48. The maximum absolute atomic E-state index is 11.8. The molecule has 1 aromatic carbocycles. The molecule has 2 rings (SSSR count). The molecule has 14 heavy (non-hydrogen) atoms. The first-order chi connectivity index (χ1) is 6.63. The SMILES string of the molecule is N=S1(=O)CCOc2cc(CO)ccc21. The van der Waals surface area contributed by atoms with Crippen molar-refractivity contribution in [2.75, 3.05) is 12.4 Å². The zero-order valence-corrected chi connectivity index (χ0v) is 8.34. The minimum absolute atomic E-state index is 0.0736. The second kappa shape index (κ2) is 3.25. The third kappa shape index (κ3) is 1.49. The molecule has 1 unspecified atom stereocenters. The predicted octanol–water partition coefficient (Wildman–Crippen LogP) is 0.977. The smallest absolute Gasteiger partial charge is 0.136 e. The first-order valence-electron chi connectivity index (χ1n) is 4.26. The minimum atomic E-state index is -2.67. The van der Waals surface area contributed by atoms with Crippen LogP contribution >= 0.6 is 0 Å². The van der Waals surface area contributed by atoms with E-state index < -0.39 is 9.73 Å². The van der Waals surface area contributed by atoms with Crippen molar-refractivity contribution in [2.45, 2.75) is 11.5 Å². The summed E-state index contributed by atoms with van der Waals surface area (Å²) in [7, 11) is -2.67. The molecule has 76 valence electrons. The first-order valence-corrected chi connectivity index (χ1v) is 5.99. The molecule has 0 spiro atoms. The van der Waals surface area contributed by atoms with Gasteiger partial charge < -0.3 is 9.84 Å². The van der Waals surface area contributed by atoms with Crippen LogP contribution in [0.4, 0.5) is 0 Å². The Morgan fingerprint density at radius 3 is 3.07 bits per heavy atom. The third-order valence-corrected chi connectivity index (χ3v) is 3.96. The van der Waals surface area contributed by atoms with E-state index in [1.807, 2.05) is 0 Å². The number of aliphatic hydroxyl groups excluding tert-OH is 1. The largest absolute Gasteiger partial charge is 0.491 e. The van der Waals surface area contributed by atoms with E-state index in [1.165, 1.54) is 0 Å². The lowest BCUT2D eigenvalue weighted by atomic mass is 10.2. The van der Waals surface area contributed by atoms with Crippen molar-refractivity contribution in [3.8, 4) is 5.75 Å². The Balaban J connectivity index is 2.58. The molecule has 2 N–H and O–H groups in total. The number of nitrogens with one attached hydrogen (secondary N) is 1. The van der Waals surface area contributed by atoms with Gasteiger partial charge in [-0.05, 0) is 17.7 Å². The second-order valence-corrected chi connectivity index (χ2v) is 5.37. The molecule has 1 atom stereocenters. The summed E-state index contributed by atoms with van der Waals surface area (Å²) in [6.07, 6.45) is 0. The summed E-state index contributed by atoms with van der Waals surface area (Å²) in [5.74, 6) is 0.723. The molecule has 0 aromatic heterocycles. The molecule has 1 aliphatic rings. The van der Waals surface area contributed by atoms with Crippen molar-refractivity contribution in [3.63, 3.8) is 0 Å². The van der Waals surface area contributed by atoms with Gasteiger partial charge >= 0.3 is 0 Å². The lowest BCUT2D eigenvalue weighted by Gasteiger charge is -2.19. The molecule has 0 aliphatic carbocycles. The Labute approximate surface area is 82.5 Å². The topological polar surface area (TPSA) is 70.4 Å². The van der Waals surface area contributed by atoms with Crippen molar-refractivity contribution in [3.05, 3.63) is 23.8 Å². The number of ether oxygens (including phenoxy) is 1. The summed E-state index contributed by atoms with van der Waals surface area (Å²) in [6.45, 7) is 0.236. The van der Waals surface area contributed by atoms with Crippen molar-refractivity contribution in [1.29, 1.82) is 4.78 Å². The Morgan fingerprint density at radius 1 is 1.57 bits per heavy atom. The number of hydrogen-bond acceptors (Lipinski definition) is 4. The van der Waals surface area contributed by atoms with Crippen LogP contribution in [0.2, 0.25) is 0 Å². The number of hydrogen-bond donors (Lipinski definition) is 2. The van der Waals surface area contributed by atoms with Crippen LogP contribution in [-0.2, 0) is 16.3 Å². The summed E-state index contributed by atoms with van der Waals surface area (Å²) < 4.78 is 24.7. The molecule has 0 amide bonds. The van der Waals surface area contributed by atoms with Crippen LogP contribution in [0.5, 0.6) is 5.75 Å². The lowest BCUT2D eigenvalue weighted by molar-refractivity contribution is 0.279. The Bertz CT molecular complexity index is 453. The zero-order chi connectivity index (χ0) is 10.2. The van der Waals surface area contributed by atoms with E-state index >= 15 is 0 Å². The van der Waals surface area contributed by atoms with Crippen LogP contribution in [0.3, 0.4) is 0 Å². The molecule has 0 saturated carbocycles. The summed E-state index contributed by atoms with van der Waals surface area (Å²) in [5, 5.41) is 8.90. The van der Waals surface area contributed by atoms with Crippen molar-refractivity contribution < 1.29 is 14.1 Å². The third-order valence-electron chi connectivity index (χ3n) is 2.17. The van der Waals surface area contributed by atoms with Gasteiger partial charge in [-0.2, -0.15) is 0 Å². The van der Waals surface area contributed by atoms with E-state index in [1.54, 1.807) is 18.2 Å². The minimum Gasteiger partial charge on any atom is -0.491 e. The molecule has 1 aliphatic heterocycles. The highest BCUT2D eigenvalue weighted by Crippen LogP contribution is 2.29. The van der Waals surface area contributed by atoms with E-state index in [0.717, 1.165) is 0 Å². The monoisotopic (exact) mass is 213 g/mol. The second-order valence-electron chi connectivity index (χ2n) is 3.17. The van der Waals surface area contributed by atoms with Crippen LogP contribution in [0, 0.1) is 4.78 Å². The van der Waals surface area contributed by atoms with Gasteiger partial charge in [-0.3, -0.25) is 0 Å². The predicted molar refractivity (Wildman–Crippen MR) is 51.9 cm³/mol. The molecule has 0 radical (unpaired) electrons. The molecular weight excluding hydrogens is 202 g/mol. The fourth-order valence-electron chi connectivity index (χ4n) is 1.41. The van der Waals surface area contributed by atoms with Gasteiger partial charge in [0.2, 0.25) is 0 Å². The van der Waals surface area contributed by atoms with E-state index in [-0.39, 0.29) is 12.4 Å². The number of aliphatic hydroxyl groups is 1. The molecule has 5 heteroatoms. The summed E-state index contributed by atoms with van der Waals surface area (Å²) in [6, 6.07) is 4.92. The highest BCUT2D eigenvalue weighted by molar-refractivity contribution is 7.92. The average Bonchev–Trinajstić information content (AvgIpc) is 2.16. The zero-order valence-electron chi connectivity index (χ0n) is 7.53. The molecule has 1 aromatic rings. The summed E-state index contributed by atoms with van der Waals surface area (Å²) in [5.41, 5.74) is 0.709. The molecule has 0 fully saturated rings. The quantitative estimate of drug-likeness (QED) is 0.730. The Hall–Kier alpha value is -1.07. The van der Waals surface area contributed by atoms with Crippen molar-refractivity contribution in [1.82, 2.24) is 0 Å². The van der Waals surface area contributed by atoms with Gasteiger partial charge in [0.25, 0.3) is 0 Å². The van der Waals surface area contributed by atoms with Crippen molar-refractivity contribution >= 4 is 9.73 Å². The van der Waals surface area contributed by atoms with E-state index in [2.05, 4.69) is 0 Å². The van der Waals surface area contributed by atoms with Gasteiger partial charge in [0.1, 0.15) is 12.4 Å². The fraction of sp³-hybridized carbons (Fsp3) is 0.333. The van der Waals surface area contributed by atoms with Crippen LogP contribution in [0.25, 0.3) is 0 Å². The maximum atomic E-state index is 11.8. The average molecular weight is 213 g/mol. The van der Waals surface area contributed by atoms with E-state index in [9.17, 15) is 4.21 Å². The standard InChI is InChI=1S/C9H11NO3S/c10-14(12)4-3-13-8-5-7(6-11)1-2-9(8)14/h1-2,5,10-11H,3-4,6H2. The van der Waals surface area contributed by atoms with E-state index in [0.29, 0.717) is 22.8 Å². The van der Waals surface area contributed by atoms with Gasteiger partial charge in [0, 0.05) is 0 Å². The van der Waals surface area contributed by atoms with Crippen LogP contribution in [0.1, 0.15) is 5.56 Å². The van der Waals surface area contributed by atoms with Gasteiger partial charge in [0.05, 0.1) is 27.0 Å². The summed E-state index contributed by atoms with van der Waals surface area (Å²) in [4.78, 5) is 0.445. The van der Waals surface area contributed by atoms with Gasteiger partial charge in [-0.15, -0.1) is 0 Å². The normalized spacial score (nSPS) is 25.2. The molecule has 0 saturated heterocycles. The summed E-state index contributed by atoms with van der Waals surface area (Å²) >= 11 is 0. The molecule has 4 nitrogen and oxygen atoms in total. The molecule has 1 heterocycles. The highest BCUT2D eigenvalue weighted by atomic mass is 32.2. The Morgan fingerprint density at radius 2 is 2.36 bits per heavy atom. The van der Waals surface area contributed by atoms with Crippen molar-refractivity contribution in [2.24, 2.45) is 0 Å².